The molecule has 0 bridgehead atoms. The van der Waals surface area contributed by atoms with Gasteiger partial charge in [0, 0.05) is 12.2 Å². The van der Waals surface area contributed by atoms with Crippen molar-refractivity contribution in [2.24, 2.45) is 0 Å². The Bertz CT molecular complexity index is 502. The summed E-state index contributed by atoms with van der Waals surface area (Å²) in [5.74, 6) is 2.18. The molecule has 2 heterocycles. The first kappa shape index (κ1) is 14.0. The largest absolute Gasteiger partial charge is 0.338 e. The summed E-state index contributed by atoms with van der Waals surface area (Å²) < 4.78 is 5.24. The van der Waals surface area contributed by atoms with Crippen molar-refractivity contribution in [3.8, 4) is 0 Å². The molecule has 19 heavy (non-hydrogen) atoms. The molecule has 2 aromatic rings. The topological polar surface area (TPSA) is 55.1 Å². The Balaban J connectivity index is 1.98. The maximum Gasteiger partial charge on any atom is 0.240 e. The number of aromatic nitrogens is 3. The fourth-order valence-corrected chi connectivity index (χ4v) is 2.12. The van der Waals surface area contributed by atoms with Crippen LogP contribution in [-0.4, -0.2) is 33.3 Å². The van der Waals surface area contributed by atoms with Gasteiger partial charge in [0.2, 0.25) is 5.89 Å². The summed E-state index contributed by atoms with van der Waals surface area (Å²) in [6.07, 6.45) is 3.83. The summed E-state index contributed by atoms with van der Waals surface area (Å²) in [6, 6.07) is 6.14. The van der Waals surface area contributed by atoms with Crippen molar-refractivity contribution in [1.29, 1.82) is 0 Å². The summed E-state index contributed by atoms with van der Waals surface area (Å²) in [5.41, 5.74) is 1.04. The van der Waals surface area contributed by atoms with Crippen LogP contribution in [0.4, 0.5) is 0 Å². The molecular formula is C13H18N4OS. The maximum absolute atomic E-state index is 5.24. The van der Waals surface area contributed by atoms with E-state index in [0.29, 0.717) is 12.4 Å². The fourth-order valence-electron chi connectivity index (χ4n) is 1.74. The Hall–Kier alpha value is -1.40. The quantitative estimate of drug-likeness (QED) is 0.809. The molecule has 0 fully saturated rings. The van der Waals surface area contributed by atoms with Gasteiger partial charge in [-0.05, 0) is 32.4 Å². The van der Waals surface area contributed by atoms with E-state index in [2.05, 4.69) is 26.9 Å². The van der Waals surface area contributed by atoms with Gasteiger partial charge in [-0.25, -0.2) is 0 Å². The van der Waals surface area contributed by atoms with Gasteiger partial charge in [0.25, 0.3) is 0 Å². The molecule has 2 rings (SSSR count). The third kappa shape index (κ3) is 3.78. The minimum absolute atomic E-state index is 0.206. The summed E-state index contributed by atoms with van der Waals surface area (Å²) in [7, 11) is 2.03. The number of nitrogens with zero attached hydrogens (tertiary/aromatic N) is 4. The summed E-state index contributed by atoms with van der Waals surface area (Å²) in [5, 5.41) is 3.94. The highest BCUT2D eigenvalue weighted by molar-refractivity contribution is 7.97. The lowest BCUT2D eigenvalue weighted by atomic mass is 10.2. The SMILES string of the molecule is CSCc1noc(CN(C)C(C)c2ccccn2)n1. The first-order chi connectivity index (χ1) is 9.20. The first-order valence-corrected chi connectivity index (χ1v) is 7.51. The molecule has 0 aliphatic rings. The van der Waals surface area contributed by atoms with Crippen molar-refractivity contribution in [1.82, 2.24) is 20.0 Å². The molecule has 0 N–H and O–H groups in total. The molecule has 6 heteroatoms. The second-order valence-electron chi connectivity index (χ2n) is 4.38. The van der Waals surface area contributed by atoms with E-state index < -0.39 is 0 Å². The lowest BCUT2D eigenvalue weighted by Crippen LogP contribution is -2.22. The van der Waals surface area contributed by atoms with Crippen molar-refractivity contribution in [3.05, 3.63) is 41.8 Å². The van der Waals surface area contributed by atoms with Crippen molar-refractivity contribution in [2.75, 3.05) is 13.3 Å². The van der Waals surface area contributed by atoms with Gasteiger partial charge in [-0.1, -0.05) is 11.2 Å². The number of pyridine rings is 1. The van der Waals surface area contributed by atoms with Gasteiger partial charge in [-0.15, -0.1) is 0 Å². The Morgan fingerprint density at radius 3 is 2.95 bits per heavy atom. The van der Waals surface area contributed by atoms with Crippen LogP contribution in [0.25, 0.3) is 0 Å². The van der Waals surface area contributed by atoms with Crippen LogP contribution < -0.4 is 0 Å². The lowest BCUT2D eigenvalue weighted by Gasteiger charge is -2.22. The smallest absolute Gasteiger partial charge is 0.240 e. The predicted molar refractivity (Wildman–Crippen MR) is 75.6 cm³/mol. The van der Waals surface area contributed by atoms with Crippen LogP contribution in [0, 0.1) is 0 Å². The highest BCUT2D eigenvalue weighted by Crippen LogP contribution is 2.18. The zero-order valence-electron chi connectivity index (χ0n) is 11.4. The van der Waals surface area contributed by atoms with E-state index in [4.69, 9.17) is 4.52 Å². The molecule has 0 aromatic carbocycles. The Morgan fingerprint density at radius 2 is 2.26 bits per heavy atom. The summed E-state index contributed by atoms with van der Waals surface area (Å²) >= 11 is 1.68. The number of hydrogen-bond donors (Lipinski definition) is 0. The van der Waals surface area contributed by atoms with Crippen molar-refractivity contribution < 1.29 is 4.52 Å². The van der Waals surface area contributed by atoms with Crippen LogP contribution >= 0.6 is 11.8 Å². The van der Waals surface area contributed by atoms with Crippen LogP contribution in [0.15, 0.2) is 28.9 Å². The molecule has 0 saturated carbocycles. The maximum atomic E-state index is 5.24. The van der Waals surface area contributed by atoms with E-state index in [-0.39, 0.29) is 6.04 Å². The molecule has 0 amide bonds. The van der Waals surface area contributed by atoms with Gasteiger partial charge >= 0.3 is 0 Å². The van der Waals surface area contributed by atoms with Crippen molar-refractivity contribution >= 4 is 11.8 Å². The normalized spacial score (nSPS) is 12.8. The molecule has 0 aliphatic carbocycles. The van der Waals surface area contributed by atoms with E-state index in [1.165, 1.54) is 0 Å². The second kappa shape index (κ2) is 6.68. The van der Waals surface area contributed by atoms with Gasteiger partial charge in [0.05, 0.1) is 18.0 Å². The van der Waals surface area contributed by atoms with Crippen LogP contribution in [0.1, 0.15) is 30.4 Å². The van der Waals surface area contributed by atoms with E-state index in [1.54, 1.807) is 11.8 Å². The molecule has 1 unspecified atom stereocenters. The minimum Gasteiger partial charge on any atom is -0.338 e. The monoisotopic (exact) mass is 278 g/mol. The van der Waals surface area contributed by atoms with Crippen molar-refractivity contribution in [3.63, 3.8) is 0 Å². The highest BCUT2D eigenvalue weighted by Gasteiger charge is 2.16. The first-order valence-electron chi connectivity index (χ1n) is 6.12. The van der Waals surface area contributed by atoms with E-state index in [0.717, 1.165) is 17.3 Å². The van der Waals surface area contributed by atoms with Gasteiger partial charge in [0.1, 0.15) is 0 Å². The van der Waals surface area contributed by atoms with Gasteiger partial charge in [-0.3, -0.25) is 9.88 Å². The third-order valence-electron chi connectivity index (χ3n) is 2.95. The molecule has 0 aliphatic heterocycles. The van der Waals surface area contributed by atoms with Crippen LogP contribution in [0.2, 0.25) is 0 Å². The minimum atomic E-state index is 0.206. The second-order valence-corrected chi connectivity index (χ2v) is 5.25. The van der Waals surface area contributed by atoms with Gasteiger partial charge in [0.15, 0.2) is 5.82 Å². The Kier molecular flexibility index (Phi) is 4.93. The zero-order chi connectivity index (χ0) is 13.7. The number of hydrogen-bond acceptors (Lipinski definition) is 6. The molecule has 0 spiro atoms. The van der Waals surface area contributed by atoms with Crippen LogP contribution in [-0.2, 0) is 12.3 Å². The van der Waals surface area contributed by atoms with Crippen LogP contribution in [0.3, 0.4) is 0 Å². The summed E-state index contributed by atoms with van der Waals surface area (Å²) in [6.45, 7) is 2.74. The lowest BCUT2D eigenvalue weighted by molar-refractivity contribution is 0.213. The molecule has 1 atom stereocenters. The summed E-state index contributed by atoms with van der Waals surface area (Å²) in [4.78, 5) is 10.9. The van der Waals surface area contributed by atoms with Crippen molar-refractivity contribution in [2.45, 2.75) is 25.3 Å². The highest BCUT2D eigenvalue weighted by atomic mass is 32.2. The number of rotatable bonds is 6. The average molecular weight is 278 g/mol. The zero-order valence-corrected chi connectivity index (χ0v) is 12.2. The fraction of sp³-hybridized carbons (Fsp3) is 0.462. The Morgan fingerprint density at radius 1 is 1.42 bits per heavy atom. The number of thioether (sulfide) groups is 1. The molecule has 0 saturated heterocycles. The average Bonchev–Trinajstić information content (AvgIpc) is 2.86. The molecule has 102 valence electrons. The van der Waals surface area contributed by atoms with Gasteiger partial charge in [-0.2, -0.15) is 16.7 Å². The predicted octanol–water partition coefficient (Wildman–Crippen LogP) is 2.52. The molecule has 2 aromatic heterocycles. The van der Waals surface area contributed by atoms with E-state index in [9.17, 15) is 0 Å². The molecule has 5 nitrogen and oxygen atoms in total. The third-order valence-corrected chi connectivity index (χ3v) is 3.49. The van der Waals surface area contributed by atoms with Crippen LogP contribution in [0.5, 0.6) is 0 Å². The molecular weight excluding hydrogens is 260 g/mol. The Labute approximate surface area is 117 Å². The molecule has 0 radical (unpaired) electrons. The van der Waals surface area contributed by atoms with Gasteiger partial charge < -0.3 is 4.52 Å². The standard InChI is InChI=1S/C13H18N4OS/c1-10(11-6-4-5-7-14-11)17(2)8-13-15-12(9-19-3)16-18-13/h4-7,10H,8-9H2,1-3H3. The van der Waals surface area contributed by atoms with E-state index >= 15 is 0 Å². The van der Waals surface area contributed by atoms with E-state index in [1.807, 2.05) is 37.7 Å².